The highest BCUT2D eigenvalue weighted by molar-refractivity contribution is 6.05. The standard InChI is InChI=1S/C29H34N6O5/c1-29(2,3)40-28(38)34-18-21-13-22(34)17-33(21)20-9-11-31-24(14-20)30-15-25(31)32-12-10-26(36)35(27(32)37)16-19-5-7-23(39-4)8-6-19/h5-9,11,14-15,21-22H,10,12-13,16-18H2,1-4H3/t21-,22-/m1/s1. The van der Waals surface area contributed by atoms with E-state index in [1.807, 2.05) is 72.7 Å². The van der Waals surface area contributed by atoms with E-state index in [1.54, 1.807) is 18.2 Å². The molecule has 4 amide bonds. The molecule has 5 heterocycles. The van der Waals surface area contributed by atoms with Gasteiger partial charge in [-0.15, -0.1) is 0 Å². The maximum Gasteiger partial charge on any atom is 0.410 e. The third-order valence-corrected chi connectivity index (χ3v) is 7.77. The van der Waals surface area contributed by atoms with Gasteiger partial charge in [0, 0.05) is 50.0 Å². The number of hydrogen-bond acceptors (Lipinski definition) is 7. The first-order valence-corrected chi connectivity index (χ1v) is 13.6. The largest absolute Gasteiger partial charge is 0.497 e. The maximum absolute atomic E-state index is 13.5. The molecule has 0 unspecified atom stereocenters. The third-order valence-electron chi connectivity index (χ3n) is 7.77. The lowest BCUT2D eigenvalue weighted by Crippen LogP contribution is -2.52. The molecule has 11 heteroatoms. The smallest absolute Gasteiger partial charge is 0.410 e. The fourth-order valence-electron chi connectivity index (χ4n) is 5.83. The first kappa shape index (κ1) is 26.0. The van der Waals surface area contributed by atoms with Crippen LogP contribution in [0.1, 0.15) is 39.2 Å². The fraction of sp³-hybridized carbons (Fsp3) is 0.448. The Morgan fingerprint density at radius 3 is 2.52 bits per heavy atom. The zero-order valence-electron chi connectivity index (χ0n) is 23.2. The summed E-state index contributed by atoms with van der Waals surface area (Å²) >= 11 is 0. The van der Waals surface area contributed by atoms with Gasteiger partial charge < -0.3 is 19.3 Å². The van der Waals surface area contributed by atoms with Crippen molar-refractivity contribution < 1.29 is 23.9 Å². The first-order chi connectivity index (χ1) is 19.1. The average molecular weight is 547 g/mol. The van der Waals surface area contributed by atoms with Crippen LogP contribution in [0.15, 0.2) is 48.8 Å². The number of imide groups is 1. The summed E-state index contributed by atoms with van der Waals surface area (Å²) in [6.45, 7) is 7.50. The number of anilines is 2. The Balaban J connectivity index is 1.17. The molecule has 3 saturated heterocycles. The van der Waals surface area contributed by atoms with Gasteiger partial charge in [-0.25, -0.2) is 14.6 Å². The molecule has 3 aliphatic rings. The summed E-state index contributed by atoms with van der Waals surface area (Å²) in [7, 11) is 1.60. The Morgan fingerprint density at radius 2 is 1.85 bits per heavy atom. The second kappa shape index (κ2) is 9.72. The van der Waals surface area contributed by atoms with Crippen LogP contribution in [-0.2, 0) is 16.1 Å². The molecule has 210 valence electrons. The van der Waals surface area contributed by atoms with Crippen molar-refractivity contribution in [2.24, 2.45) is 0 Å². The van der Waals surface area contributed by atoms with E-state index in [-0.39, 0.29) is 43.1 Å². The lowest BCUT2D eigenvalue weighted by Gasteiger charge is -2.36. The number of hydrogen-bond donors (Lipinski definition) is 0. The Morgan fingerprint density at radius 1 is 1.07 bits per heavy atom. The molecule has 0 radical (unpaired) electrons. The van der Waals surface area contributed by atoms with E-state index in [4.69, 9.17) is 9.47 Å². The summed E-state index contributed by atoms with van der Waals surface area (Å²) in [6.07, 6.45) is 4.49. The van der Waals surface area contributed by atoms with Crippen LogP contribution in [0.2, 0.25) is 0 Å². The number of carbonyl (C=O) groups excluding carboxylic acids is 3. The van der Waals surface area contributed by atoms with E-state index >= 15 is 0 Å². The van der Waals surface area contributed by atoms with Gasteiger partial charge in [-0.3, -0.25) is 19.0 Å². The van der Waals surface area contributed by atoms with Crippen LogP contribution in [0.3, 0.4) is 0 Å². The zero-order valence-corrected chi connectivity index (χ0v) is 23.2. The number of piperazine rings is 1. The van der Waals surface area contributed by atoms with Gasteiger partial charge in [0.2, 0.25) is 5.91 Å². The van der Waals surface area contributed by atoms with Crippen molar-refractivity contribution in [2.75, 3.05) is 36.5 Å². The van der Waals surface area contributed by atoms with Crippen molar-refractivity contribution >= 4 is 35.2 Å². The topological polar surface area (TPSA) is 99.9 Å². The summed E-state index contributed by atoms with van der Waals surface area (Å²) in [5.41, 5.74) is 2.07. The molecule has 3 fully saturated rings. The minimum Gasteiger partial charge on any atom is -0.497 e. The van der Waals surface area contributed by atoms with E-state index in [2.05, 4.69) is 9.88 Å². The Labute approximate surface area is 232 Å². The zero-order chi connectivity index (χ0) is 28.2. The van der Waals surface area contributed by atoms with Crippen LogP contribution < -0.4 is 14.5 Å². The van der Waals surface area contributed by atoms with E-state index in [0.717, 1.165) is 24.2 Å². The number of benzene rings is 1. The van der Waals surface area contributed by atoms with Gasteiger partial charge in [-0.05, 0) is 51.0 Å². The molecule has 2 aromatic heterocycles. The number of nitrogens with zero attached hydrogens (tertiary/aromatic N) is 6. The monoisotopic (exact) mass is 546 g/mol. The number of amides is 4. The van der Waals surface area contributed by atoms with Gasteiger partial charge in [0.1, 0.15) is 22.8 Å². The maximum atomic E-state index is 13.5. The molecule has 3 aromatic rings. The average Bonchev–Trinajstić information content (AvgIpc) is 3.65. The number of pyridine rings is 1. The quantitative estimate of drug-likeness (QED) is 0.479. The number of urea groups is 1. The number of fused-ring (bicyclic) bond motifs is 3. The third kappa shape index (κ3) is 4.69. The predicted molar refractivity (Wildman–Crippen MR) is 149 cm³/mol. The molecule has 40 heavy (non-hydrogen) atoms. The number of ether oxygens (including phenoxy) is 2. The number of methoxy groups -OCH3 is 1. The normalized spacial score (nSPS) is 21.1. The van der Waals surface area contributed by atoms with E-state index in [1.165, 1.54) is 4.90 Å². The SMILES string of the molecule is COc1ccc(CN2C(=O)CCN(c3cnc4cc(N5C[C@H]6C[C@@H]5CN6C(=O)OC(C)(C)C)ccn34)C2=O)cc1. The lowest BCUT2D eigenvalue weighted by atomic mass is 10.2. The highest BCUT2D eigenvalue weighted by Gasteiger charge is 2.46. The molecule has 11 nitrogen and oxygen atoms in total. The fourth-order valence-corrected chi connectivity index (χ4v) is 5.83. The van der Waals surface area contributed by atoms with E-state index < -0.39 is 5.60 Å². The van der Waals surface area contributed by atoms with Crippen LogP contribution in [0.4, 0.5) is 21.1 Å². The van der Waals surface area contributed by atoms with Gasteiger partial charge in [0.15, 0.2) is 0 Å². The molecule has 0 N–H and O–H groups in total. The van der Waals surface area contributed by atoms with Crippen LogP contribution in [0.5, 0.6) is 5.75 Å². The minimum absolute atomic E-state index is 0.117. The van der Waals surface area contributed by atoms with Crippen molar-refractivity contribution in [3.05, 3.63) is 54.4 Å². The van der Waals surface area contributed by atoms with Crippen LogP contribution in [0, 0.1) is 0 Å². The molecule has 0 saturated carbocycles. The molecule has 6 rings (SSSR count). The second-order valence-corrected chi connectivity index (χ2v) is 11.6. The Kier molecular flexibility index (Phi) is 6.31. The van der Waals surface area contributed by atoms with Crippen molar-refractivity contribution in [3.63, 3.8) is 0 Å². The lowest BCUT2D eigenvalue weighted by molar-refractivity contribution is -0.129. The summed E-state index contributed by atoms with van der Waals surface area (Å²) in [4.78, 5) is 50.4. The molecule has 0 spiro atoms. The summed E-state index contributed by atoms with van der Waals surface area (Å²) in [5.74, 6) is 1.14. The number of carbonyl (C=O) groups is 3. The molecule has 3 aliphatic heterocycles. The molecule has 1 aromatic carbocycles. The molecular weight excluding hydrogens is 512 g/mol. The molecule has 2 atom stereocenters. The highest BCUT2D eigenvalue weighted by Crippen LogP contribution is 2.36. The van der Waals surface area contributed by atoms with Crippen molar-refractivity contribution in [1.82, 2.24) is 19.2 Å². The van der Waals surface area contributed by atoms with Crippen LogP contribution in [0.25, 0.3) is 5.65 Å². The number of rotatable bonds is 5. The van der Waals surface area contributed by atoms with Gasteiger partial charge >= 0.3 is 12.1 Å². The number of imidazole rings is 1. The minimum atomic E-state index is -0.516. The van der Waals surface area contributed by atoms with Crippen molar-refractivity contribution in [1.29, 1.82) is 0 Å². The van der Waals surface area contributed by atoms with E-state index in [0.29, 0.717) is 30.3 Å². The summed E-state index contributed by atoms with van der Waals surface area (Å²) in [5, 5.41) is 0. The summed E-state index contributed by atoms with van der Waals surface area (Å²) in [6, 6.07) is 11.3. The Hall–Kier alpha value is -4.28. The number of likely N-dealkylation sites (tertiary alicyclic amines) is 1. The summed E-state index contributed by atoms with van der Waals surface area (Å²) < 4.78 is 12.7. The van der Waals surface area contributed by atoms with Gasteiger partial charge in [-0.2, -0.15) is 0 Å². The molecule has 0 aliphatic carbocycles. The van der Waals surface area contributed by atoms with Gasteiger partial charge in [0.05, 0.1) is 25.9 Å². The number of aromatic nitrogens is 2. The van der Waals surface area contributed by atoms with Gasteiger partial charge in [0.25, 0.3) is 0 Å². The van der Waals surface area contributed by atoms with E-state index in [9.17, 15) is 14.4 Å². The van der Waals surface area contributed by atoms with Crippen molar-refractivity contribution in [2.45, 2.75) is 57.8 Å². The Bertz CT molecular complexity index is 1460. The molecule has 2 bridgehead atoms. The van der Waals surface area contributed by atoms with Gasteiger partial charge in [-0.1, -0.05) is 12.1 Å². The predicted octanol–water partition coefficient (Wildman–Crippen LogP) is 3.90. The second-order valence-electron chi connectivity index (χ2n) is 11.6. The van der Waals surface area contributed by atoms with Crippen LogP contribution in [-0.4, -0.2) is 81.6 Å². The van der Waals surface area contributed by atoms with Crippen molar-refractivity contribution in [3.8, 4) is 5.75 Å². The molecular formula is C29H34N6O5. The first-order valence-electron chi connectivity index (χ1n) is 13.6. The highest BCUT2D eigenvalue weighted by atomic mass is 16.6. The van der Waals surface area contributed by atoms with Crippen LogP contribution >= 0.6 is 0 Å².